The fraction of sp³-hybridized carbons (Fsp3) is 0.300. The number of halogens is 1. The van der Waals surface area contributed by atoms with E-state index < -0.39 is 0 Å². The van der Waals surface area contributed by atoms with E-state index in [2.05, 4.69) is 22.0 Å². The third kappa shape index (κ3) is 3.61. The molecule has 0 saturated carbocycles. The van der Waals surface area contributed by atoms with Crippen LogP contribution < -0.4 is 0 Å². The Kier molecular flexibility index (Phi) is 4.94. The highest BCUT2D eigenvalue weighted by Gasteiger charge is 2.23. The van der Waals surface area contributed by atoms with Crippen molar-refractivity contribution in [2.24, 2.45) is 0 Å². The first-order valence-electron chi connectivity index (χ1n) is 8.72. The molecule has 3 aromatic rings. The van der Waals surface area contributed by atoms with Crippen LogP contribution in [0.5, 0.6) is 0 Å². The summed E-state index contributed by atoms with van der Waals surface area (Å²) in [6.45, 7) is 5.97. The number of pyridine rings is 1. The van der Waals surface area contributed by atoms with Crippen molar-refractivity contribution in [2.45, 2.75) is 13.5 Å². The van der Waals surface area contributed by atoms with Crippen LogP contribution in [0.25, 0.3) is 10.9 Å². The maximum absolute atomic E-state index is 12.6. The van der Waals surface area contributed by atoms with E-state index in [0.717, 1.165) is 54.1 Å². The fourth-order valence-electron chi connectivity index (χ4n) is 3.30. The number of para-hydroxylation sites is 1. The summed E-state index contributed by atoms with van der Waals surface area (Å²) in [5.41, 5.74) is 1.96. The van der Waals surface area contributed by atoms with Crippen molar-refractivity contribution in [2.75, 3.05) is 26.2 Å². The molecule has 1 aliphatic heterocycles. The van der Waals surface area contributed by atoms with Gasteiger partial charge >= 0.3 is 0 Å². The summed E-state index contributed by atoms with van der Waals surface area (Å²) < 4.78 is 0. The van der Waals surface area contributed by atoms with E-state index in [0.29, 0.717) is 5.15 Å². The summed E-state index contributed by atoms with van der Waals surface area (Å²) in [6.07, 6.45) is 0. The highest BCUT2D eigenvalue weighted by Crippen LogP contribution is 2.23. The number of hydrogen-bond donors (Lipinski definition) is 0. The van der Waals surface area contributed by atoms with Crippen LogP contribution in [-0.2, 0) is 6.54 Å². The average molecular weight is 386 g/mol. The molecule has 134 valence electrons. The predicted molar refractivity (Wildman–Crippen MR) is 107 cm³/mol. The third-order valence-electron chi connectivity index (χ3n) is 4.75. The Bertz CT molecular complexity index is 947. The van der Waals surface area contributed by atoms with E-state index in [1.807, 2.05) is 42.2 Å². The molecule has 1 aliphatic rings. The molecule has 4 rings (SSSR count). The van der Waals surface area contributed by atoms with E-state index in [4.69, 9.17) is 11.6 Å². The van der Waals surface area contributed by atoms with Gasteiger partial charge in [0.15, 0.2) is 0 Å². The van der Waals surface area contributed by atoms with Crippen LogP contribution in [0.2, 0.25) is 5.15 Å². The zero-order chi connectivity index (χ0) is 18.1. The number of rotatable bonds is 3. The number of amides is 1. The minimum atomic E-state index is 0.146. The summed E-state index contributed by atoms with van der Waals surface area (Å²) in [5.74, 6) is 0.146. The number of carbonyl (C=O) groups is 1. The number of aromatic nitrogens is 1. The molecule has 4 nitrogen and oxygen atoms in total. The Balaban J connectivity index is 1.41. The third-order valence-corrected chi connectivity index (χ3v) is 6.07. The van der Waals surface area contributed by atoms with Gasteiger partial charge < -0.3 is 4.90 Å². The van der Waals surface area contributed by atoms with Crippen molar-refractivity contribution >= 4 is 39.7 Å². The normalized spacial score (nSPS) is 15.5. The lowest BCUT2D eigenvalue weighted by Gasteiger charge is -2.34. The largest absolute Gasteiger partial charge is 0.335 e. The molecule has 1 fully saturated rings. The van der Waals surface area contributed by atoms with Crippen LogP contribution in [0, 0.1) is 6.92 Å². The van der Waals surface area contributed by atoms with Gasteiger partial charge in [0, 0.05) is 48.6 Å². The monoisotopic (exact) mass is 385 g/mol. The van der Waals surface area contributed by atoms with Crippen molar-refractivity contribution in [3.63, 3.8) is 0 Å². The summed E-state index contributed by atoms with van der Waals surface area (Å²) >= 11 is 7.95. The maximum atomic E-state index is 12.6. The van der Waals surface area contributed by atoms with Gasteiger partial charge in [-0.3, -0.25) is 9.69 Å². The average Bonchev–Trinajstić information content (AvgIpc) is 3.09. The Labute approximate surface area is 162 Å². The van der Waals surface area contributed by atoms with Gasteiger partial charge in [-0.2, -0.15) is 0 Å². The smallest absolute Gasteiger partial charge is 0.264 e. The van der Waals surface area contributed by atoms with E-state index in [9.17, 15) is 4.79 Å². The van der Waals surface area contributed by atoms with Gasteiger partial charge in [0.25, 0.3) is 5.91 Å². The second kappa shape index (κ2) is 7.35. The van der Waals surface area contributed by atoms with Crippen LogP contribution in [0.15, 0.2) is 42.5 Å². The molecule has 0 aliphatic carbocycles. The van der Waals surface area contributed by atoms with Crippen LogP contribution in [0.4, 0.5) is 0 Å². The van der Waals surface area contributed by atoms with E-state index in [1.54, 1.807) is 11.3 Å². The maximum Gasteiger partial charge on any atom is 0.264 e. The van der Waals surface area contributed by atoms with Crippen LogP contribution >= 0.6 is 22.9 Å². The summed E-state index contributed by atoms with van der Waals surface area (Å²) in [6, 6.07) is 14.1. The summed E-state index contributed by atoms with van der Waals surface area (Å²) in [5, 5.41) is 1.67. The highest BCUT2D eigenvalue weighted by atomic mass is 35.5. The highest BCUT2D eigenvalue weighted by molar-refractivity contribution is 7.13. The number of piperazine rings is 1. The SMILES string of the molecule is Cc1ccc(C(=O)N2CCN(Cc3cc4ccccc4nc3Cl)CC2)s1. The Hall–Kier alpha value is -1.95. The zero-order valence-corrected chi connectivity index (χ0v) is 16.2. The molecule has 2 aromatic heterocycles. The lowest BCUT2D eigenvalue weighted by molar-refractivity contribution is 0.0633. The molecule has 0 bridgehead atoms. The van der Waals surface area contributed by atoms with Gasteiger partial charge in [0.2, 0.25) is 0 Å². The molecule has 0 atom stereocenters. The van der Waals surface area contributed by atoms with Crippen LogP contribution in [0.1, 0.15) is 20.1 Å². The predicted octanol–water partition coefficient (Wildman–Crippen LogP) is 4.22. The van der Waals surface area contributed by atoms with Gasteiger partial charge in [-0.25, -0.2) is 4.98 Å². The van der Waals surface area contributed by atoms with Crippen molar-refractivity contribution in [3.05, 3.63) is 62.9 Å². The van der Waals surface area contributed by atoms with Gasteiger partial charge in [0.1, 0.15) is 5.15 Å². The fourth-order valence-corrected chi connectivity index (χ4v) is 4.34. The molecular formula is C20H20ClN3OS. The van der Waals surface area contributed by atoms with Crippen LogP contribution in [0.3, 0.4) is 0 Å². The minimum Gasteiger partial charge on any atom is -0.335 e. The number of aryl methyl sites for hydroxylation is 1. The minimum absolute atomic E-state index is 0.146. The zero-order valence-electron chi connectivity index (χ0n) is 14.6. The number of carbonyl (C=O) groups excluding carboxylic acids is 1. The standard InChI is InChI=1S/C20H20ClN3OS/c1-14-6-7-18(26-14)20(25)24-10-8-23(9-11-24)13-16-12-15-4-2-3-5-17(15)22-19(16)21/h2-7,12H,8-11,13H2,1H3. The van der Waals surface area contributed by atoms with Gasteiger partial charge in [-0.15, -0.1) is 11.3 Å². The Morgan fingerprint density at radius 2 is 1.92 bits per heavy atom. The van der Waals surface area contributed by atoms with Crippen molar-refractivity contribution in [1.82, 2.24) is 14.8 Å². The second-order valence-electron chi connectivity index (χ2n) is 6.61. The molecule has 0 spiro atoms. The first-order valence-corrected chi connectivity index (χ1v) is 9.92. The molecule has 26 heavy (non-hydrogen) atoms. The van der Waals surface area contributed by atoms with E-state index in [-0.39, 0.29) is 5.91 Å². The van der Waals surface area contributed by atoms with Gasteiger partial charge in [-0.1, -0.05) is 29.8 Å². The first kappa shape index (κ1) is 17.5. The number of thiophene rings is 1. The van der Waals surface area contributed by atoms with Gasteiger partial charge in [-0.05, 0) is 31.2 Å². The number of hydrogen-bond acceptors (Lipinski definition) is 4. The lowest BCUT2D eigenvalue weighted by atomic mass is 10.1. The van der Waals surface area contributed by atoms with E-state index in [1.165, 1.54) is 4.88 Å². The number of nitrogens with zero attached hydrogens (tertiary/aromatic N) is 3. The molecule has 0 N–H and O–H groups in total. The molecule has 0 radical (unpaired) electrons. The molecule has 1 saturated heterocycles. The van der Waals surface area contributed by atoms with Crippen molar-refractivity contribution in [3.8, 4) is 0 Å². The molecule has 1 amide bonds. The number of benzene rings is 1. The quantitative estimate of drug-likeness (QED) is 0.633. The topological polar surface area (TPSA) is 36.4 Å². The molecular weight excluding hydrogens is 366 g/mol. The lowest BCUT2D eigenvalue weighted by Crippen LogP contribution is -2.48. The molecule has 6 heteroatoms. The summed E-state index contributed by atoms with van der Waals surface area (Å²) in [7, 11) is 0. The van der Waals surface area contributed by atoms with Crippen LogP contribution in [-0.4, -0.2) is 46.9 Å². The first-order chi connectivity index (χ1) is 12.6. The molecule has 1 aromatic carbocycles. The summed E-state index contributed by atoms with van der Waals surface area (Å²) in [4.78, 5) is 23.4. The Morgan fingerprint density at radius 1 is 1.15 bits per heavy atom. The van der Waals surface area contributed by atoms with Gasteiger partial charge in [0.05, 0.1) is 10.4 Å². The number of fused-ring (bicyclic) bond motifs is 1. The molecule has 3 heterocycles. The van der Waals surface area contributed by atoms with E-state index >= 15 is 0 Å². The van der Waals surface area contributed by atoms with Crippen molar-refractivity contribution in [1.29, 1.82) is 0 Å². The van der Waals surface area contributed by atoms with Crippen molar-refractivity contribution < 1.29 is 4.79 Å². The Morgan fingerprint density at radius 3 is 2.65 bits per heavy atom. The molecule has 0 unspecified atom stereocenters. The second-order valence-corrected chi connectivity index (χ2v) is 8.26.